The van der Waals surface area contributed by atoms with Gasteiger partial charge >= 0.3 is 0 Å². The Morgan fingerprint density at radius 1 is 0.857 bits per heavy atom. The molecule has 3 unspecified atom stereocenters. The molecule has 11 heteroatoms. The number of rotatable bonds is 9. The largest absolute Gasteiger partial charge is 0.392 e. The first-order valence-corrected chi connectivity index (χ1v) is 17.8. The van der Waals surface area contributed by atoms with Crippen LogP contribution in [0.1, 0.15) is 59.5 Å². The zero-order valence-corrected chi connectivity index (χ0v) is 29.7. The number of aliphatic hydroxyl groups excluding tert-OH is 1. The first-order valence-electron chi connectivity index (χ1n) is 16.2. The van der Waals surface area contributed by atoms with Crippen molar-refractivity contribution in [2.75, 3.05) is 19.6 Å². The zero-order chi connectivity index (χ0) is 34.6. The van der Waals surface area contributed by atoms with Crippen molar-refractivity contribution < 1.29 is 24.5 Å². The highest BCUT2D eigenvalue weighted by Gasteiger charge is 2.37. The van der Waals surface area contributed by atoms with Gasteiger partial charge in [-0.1, -0.05) is 119 Å². The fraction of sp³-hybridized carbons (Fsp3) is 0.342. The van der Waals surface area contributed by atoms with E-state index in [0.717, 1.165) is 52.0 Å². The second-order valence-electron chi connectivity index (χ2n) is 12.7. The standard InChI is InChI=1S/C38H38Cl4N2O5/c39-32-13-11-31(12-14-32)37(47)15-17-44(18-16-37)23-33-21-34(27-9-7-25(24-45)8-10-27)49-35(48-33)30-6-2-5-29(20-30)28-4-1-3-26(19-28)22-43-36(46)38(40,41)42/h1-14,19-20,33-35,45,47H,15-18,21-24H2,(H,43,46). The predicted molar refractivity (Wildman–Crippen MR) is 193 cm³/mol. The van der Waals surface area contributed by atoms with Crippen LogP contribution in [0.15, 0.2) is 97.1 Å². The molecule has 0 saturated carbocycles. The first kappa shape index (κ1) is 36.1. The lowest BCUT2D eigenvalue weighted by Crippen LogP contribution is -2.46. The number of likely N-dealkylation sites (tertiary alicyclic amines) is 1. The molecule has 6 rings (SSSR count). The maximum Gasteiger partial charge on any atom is 0.272 e. The molecule has 4 aromatic rings. The van der Waals surface area contributed by atoms with Gasteiger partial charge in [-0.05, 0) is 70.5 Å². The van der Waals surface area contributed by atoms with Gasteiger partial charge in [0, 0.05) is 43.2 Å². The molecule has 2 aliphatic heterocycles. The summed E-state index contributed by atoms with van der Waals surface area (Å²) in [6, 6.07) is 31.2. The summed E-state index contributed by atoms with van der Waals surface area (Å²) < 4.78 is 11.3. The highest BCUT2D eigenvalue weighted by Crippen LogP contribution is 2.40. The van der Waals surface area contributed by atoms with Crippen LogP contribution in [-0.2, 0) is 33.0 Å². The molecule has 258 valence electrons. The summed E-state index contributed by atoms with van der Waals surface area (Å²) in [6.07, 6.45) is 0.917. The van der Waals surface area contributed by atoms with Crippen LogP contribution in [0.4, 0.5) is 0 Å². The fourth-order valence-electron chi connectivity index (χ4n) is 6.48. The second-order valence-corrected chi connectivity index (χ2v) is 15.4. The highest BCUT2D eigenvalue weighted by molar-refractivity contribution is 6.76. The molecule has 1 amide bonds. The van der Waals surface area contributed by atoms with E-state index < -0.39 is 21.6 Å². The number of halogens is 4. The molecule has 0 bridgehead atoms. The molecule has 2 heterocycles. The van der Waals surface area contributed by atoms with E-state index in [0.29, 0.717) is 30.8 Å². The Balaban J connectivity index is 1.18. The molecule has 2 saturated heterocycles. The summed E-state index contributed by atoms with van der Waals surface area (Å²) in [4.78, 5) is 14.4. The van der Waals surface area contributed by atoms with E-state index in [9.17, 15) is 15.0 Å². The molecule has 0 aliphatic carbocycles. The Kier molecular flexibility index (Phi) is 11.6. The number of nitrogens with one attached hydrogen (secondary N) is 1. The van der Waals surface area contributed by atoms with Gasteiger partial charge < -0.3 is 29.9 Å². The number of amides is 1. The van der Waals surface area contributed by atoms with Crippen LogP contribution in [0.5, 0.6) is 0 Å². The van der Waals surface area contributed by atoms with Crippen LogP contribution < -0.4 is 5.32 Å². The van der Waals surface area contributed by atoms with Crippen molar-refractivity contribution in [3.05, 3.63) is 130 Å². The summed E-state index contributed by atoms with van der Waals surface area (Å²) in [5.41, 5.74) is 5.51. The highest BCUT2D eigenvalue weighted by atomic mass is 35.6. The third-order valence-electron chi connectivity index (χ3n) is 9.27. The molecule has 0 spiro atoms. The maximum absolute atomic E-state index is 12.1. The van der Waals surface area contributed by atoms with Crippen LogP contribution in [0.25, 0.3) is 11.1 Å². The van der Waals surface area contributed by atoms with Gasteiger partial charge in [-0.25, -0.2) is 0 Å². The third-order valence-corrected chi connectivity index (χ3v) is 10.0. The summed E-state index contributed by atoms with van der Waals surface area (Å²) in [6.45, 7) is 2.35. The van der Waals surface area contributed by atoms with Crippen molar-refractivity contribution >= 4 is 52.3 Å². The van der Waals surface area contributed by atoms with Gasteiger partial charge in [0.05, 0.1) is 24.4 Å². The zero-order valence-electron chi connectivity index (χ0n) is 26.7. The molecule has 0 aromatic heterocycles. The van der Waals surface area contributed by atoms with Gasteiger partial charge in [0.2, 0.25) is 0 Å². The average molecular weight is 745 g/mol. The molecule has 49 heavy (non-hydrogen) atoms. The van der Waals surface area contributed by atoms with E-state index in [1.807, 2.05) is 91.0 Å². The SMILES string of the molecule is O=C(NCc1cccc(-c2cccc(C3OC(CN4CCC(O)(c5ccc(Cl)cc5)CC4)CC(c4ccc(CO)cc4)O3)c2)c1)C(Cl)(Cl)Cl. The topological polar surface area (TPSA) is 91.3 Å². The Bertz CT molecular complexity index is 1720. The Morgan fingerprint density at radius 2 is 1.53 bits per heavy atom. The van der Waals surface area contributed by atoms with E-state index in [2.05, 4.69) is 16.3 Å². The average Bonchev–Trinajstić information content (AvgIpc) is 3.11. The van der Waals surface area contributed by atoms with Gasteiger partial charge in [-0.15, -0.1) is 0 Å². The molecule has 2 fully saturated rings. The van der Waals surface area contributed by atoms with Crippen molar-refractivity contribution in [2.45, 2.75) is 60.3 Å². The molecule has 4 aromatic carbocycles. The van der Waals surface area contributed by atoms with Gasteiger partial charge in [0.25, 0.3) is 9.70 Å². The number of ether oxygens (including phenoxy) is 2. The molecule has 7 nitrogen and oxygen atoms in total. The van der Waals surface area contributed by atoms with Crippen LogP contribution in [0, 0.1) is 0 Å². The van der Waals surface area contributed by atoms with Crippen molar-refractivity contribution in [3.8, 4) is 11.1 Å². The lowest BCUT2D eigenvalue weighted by Gasteiger charge is -2.42. The lowest BCUT2D eigenvalue weighted by molar-refractivity contribution is -0.253. The Labute approximate surface area is 306 Å². The van der Waals surface area contributed by atoms with E-state index in [1.165, 1.54) is 0 Å². The van der Waals surface area contributed by atoms with Gasteiger partial charge in [-0.3, -0.25) is 4.79 Å². The number of carbonyl (C=O) groups excluding carboxylic acids is 1. The van der Waals surface area contributed by atoms with Crippen LogP contribution in [0.2, 0.25) is 5.02 Å². The van der Waals surface area contributed by atoms with E-state index in [-0.39, 0.29) is 25.4 Å². The smallest absolute Gasteiger partial charge is 0.272 e. The van der Waals surface area contributed by atoms with Crippen LogP contribution in [0.3, 0.4) is 0 Å². The number of benzene rings is 4. The van der Waals surface area contributed by atoms with Crippen LogP contribution in [-0.4, -0.2) is 50.6 Å². The van der Waals surface area contributed by atoms with Crippen molar-refractivity contribution in [1.29, 1.82) is 0 Å². The molecule has 3 atom stereocenters. The quantitative estimate of drug-likeness (QED) is 0.151. The number of piperidine rings is 1. The number of aliphatic hydroxyl groups is 2. The number of hydrogen-bond donors (Lipinski definition) is 3. The Morgan fingerprint density at radius 3 is 2.20 bits per heavy atom. The normalized spacial score (nSPS) is 21.3. The molecule has 0 radical (unpaired) electrons. The van der Waals surface area contributed by atoms with E-state index >= 15 is 0 Å². The number of nitrogens with zero attached hydrogens (tertiary/aromatic N) is 1. The number of hydrogen-bond acceptors (Lipinski definition) is 6. The third kappa shape index (κ3) is 9.16. The number of carbonyl (C=O) groups is 1. The summed E-state index contributed by atoms with van der Waals surface area (Å²) in [5.74, 6) is -0.687. The maximum atomic E-state index is 12.1. The fourth-order valence-corrected chi connectivity index (χ4v) is 6.81. The van der Waals surface area contributed by atoms with Crippen molar-refractivity contribution in [1.82, 2.24) is 10.2 Å². The van der Waals surface area contributed by atoms with Crippen LogP contribution >= 0.6 is 46.4 Å². The summed E-state index contributed by atoms with van der Waals surface area (Å²) in [7, 11) is 0. The second kappa shape index (κ2) is 15.7. The molecule has 2 aliphatic rings. The van der Waals surface area contributed by atoms with Gasteiger partial charge in [0.15, 0.2) is 6.29 Å². The van der Waals surface area contributed by atoms with E-state index in [1.54, 1.807) is 0 Å². The number of alkyl halides is 3. The molecule has 3 N–H and O–H groups in total. The Hall–Kier alpha value is -2.69. The summed E-state index contributed by atoms with van der Waals surface area (Å²) >= 11 is 23.2. The van der Waals surface area contributed by atoms with Gasteiger partial charge in [-0.2, -0.15) is 0 Å². The minimum absolute atomic E-state index is 0.0231. The summed E-state index contributed by atoms with van der Waals surface area (Å²) in [5, 5.41) is 24.3. The van der Waals surface area contributed by atoms with Gasteiger partial charge in [0.1, 0.15) is 0 Å². The minimum Gasteiger partial charge on any atom is -0.392 e. The van der Waals surface area contributed by atoms with E-state index in [4.69, 9.17) is 55.9 Å². The first-order chi connectivity index (χ1) is 23.5. The lowest BCUT2D eigenvalue weighted by atomic mass is 9.84. The monoisotopic (exact) mass is 742 g/mol. The van der Waals surface area contributed by atoms with Crippen molar-refractivity contribution in [2.24, 2.45) is 0 Å². The van der Waals surface area contributed by atoms with Crippen molar-refractivity contribution in [3.63, 3.8) is 0 Å². The predicted octanol–water partition coefficient (Wildman–Crippen LogP) is 8.01. The minimum atomic E-state index is -2.03. The molecular formula is C38H38Cl4N2O5. The molecular weight excluding hydrogens is 706 g/mol.